The Hall–Kier alpha value is -3.29. The topological polar surface area (TPSA) is 47.4 Å². The molecule has 5 nitrogen and oxygen atoms in total. The molecule has 0 aliphatic carbocycles. The number of carbonyl (C=O) groups is 1. The molecular weight excluding hydrogens is 359 g/mol. The standard InChI is InChI=1S/C19H16F3N3O2/c1-24(14-8-4-3-5-9-14)18(26)17-16(27-2)12-25(23-17)15-10-6-7-13(11-15)19(20,21)22/h3-12H,1-2H3. The summed E-state index contributed by atoms with van der Waals surface area (Å²) >= 11 is 0. The van der Waals surface area contributed by atoms with Crippen LogP contribution >= 0.6 is 0 Å². The molecule has 0 bridgehead atoms. The fraction of sp³-hybridized carbons (Fsp3) is 0.158. The highest BCUT2D eigenvalue weighted by atomic mass is 19.4. The molecular formula is C19H16F3N3O2. The van der Waals surface area contributed by atoms with Gasteiger partial charge in [0.05, 0.1) is 24.6 Å². The number of benzene rings is 2. The first-order chi connectivity index (χ1) is 12.8. The van der Waals surface area contributed by atoms with E-state index in [1.54, 1.807) is 31.3 Å². The van der Waals surface area contributed by atoms with Crippen LogP contribution in [0.15, 0.2) is 60.8 Å². The maximum Gasteiger partial charge on any atom is 0.416 e. The van der Waals surface area contributed by atoms with Crippen molar-refractivity contribution < 1.29 is 22.7 Å². The van der Waals surface area contributed by atoms with E-state index in [0.29, 0.717) is 5.69 Å². The van der Waals surface area contributed by atoms with Gasteiger partial charge in [-0.1, -0.05) is 24.3 Å². The normalized spacial score (nSPS) is 11.3. The Morgan fingerprint density at radius 3 is 2.44 bits per heavy atom. The van der Waals surface area contributed by atoms with Crippen molar-refractivity contribution >= 4 is 11.6 Å². The van der Waals surface area contributed by atoms with Crippen LogP contribution in [0.1, 0.15) is 16.1 Å². The average molecular weight is 375 g/mol. The monoisotopic (exact) mass is 375 g/mol. The quantitative estimate of drug-likeness (QED) is 0.687. The number of methoxy groups -OCH3 is 1. The van der Waals surface area contributed by atoms with Crippen LogP contribution in [-0.4, -0.2) is 29.8 Å². The van der Waals surface area contributed by atoms with Gasteiger partial charge in [0, 0.05) is 12.7 Å². The lowest BCUT2D eigenvalue weighted by atomic mass is 10.2. The fourth-order valence-corrected chi connectivity index (χ4v) is 2.54. The molecule has 0 aliphatic rings. The molecule has 3 aromatic rings. The number of carbonyl (C=O) groups excluding carboxylic acids is 1. The zero-order valence-corrected chi connectivity index (χ0v) is 14.6. The molecule has 140 valence electrons. The Labute approximate surface area is 153 Å². The van der Waals surface area contributed by atoms with Gasteiger partial charge in [-0.25, -0.2) is 4.68 Å². The number of halogens is 3. The Kier molecular flexibility index (Phi) is 4.89. The van der Waals surface area contributed by atoms with Crippen LogP contribution in [0.3, 0.4) is 0 Å². The van der Waals surface area contributed by atoms with E-state index in [2.05, 4.69) is 5.10 Å². The molecule has 8 heteroatoms. The second-order valence-corrected chi connectivity index (χ2v) is 5.74. The van der Waals surface area contributed by atoms with Crippen LogP contribution in [0, 0.1) is 0 Å². The molecule has 0 radical (unpaired) electrons. The third kappa shape index (κ3) is 3.79. The Balaban J connectivity index is 1.98. The van der Waals surface area contributed by atoms with Crippen molar-refractivity contribution in [3.63, 3.8) is 0 Å². The molecule has 1 aromatic heterocycles. The van der Waals surface area contributed by atoms with Gasteiger partial charge in [0.1, 0.15) is 0 Å². The van der Waals surface area contributed by atoms with Crippen molar-refractivity contribution in [1.29, 1.82) is 0 Å². The lowest BCUT2D eigenvalue weighted by Crippen LogP contribution is -2.27. The fourth-order valence-electron chi connectivity index (χ4n) is 2.54. The summed E-state index contributed by atoms with van der Waals surface area (Å²) in [7, 11) is 2.95. The minimum Gasteiger partial charge on any atom is -0.493 e. The number of ether oxygens (including phenoxy) is 1. The summed E-state index contributed by atoms with van der Waals surface area (Å²) in [5.74, 6) is -0.274. The van der Waals surface area contributed by atoms with E-state index >= 15 is 0 Å². The Bertz CT molecular complexity index is 952. The van der Waals surface area contributed by atoms with Crippen molar-refractivity contribution in [2.45, 2.75) is 6.18 Å². The van der Waals surface area contributed by atoms with Crippen molar-refractivity contribution in [2.75, 3.05) is 19.1 Å². The number of anilines is 1. The van der Waals surface area contributed by atoms with E-state index in [-0.39, 0.29) is 17.1 Å². The van der Waals surface area contributed by atoms with Gasteiger partial charge in [-0.15, -0.1) is 0 Å². The first-order valence-corrected chi connectivity index (χ1v) is 7.95. The van der Waals surface area contributed by atoms with Crippen molar-refractivity contribution in [3.05, 3.63) is 72.1 Å². The zero-order chi connectivity index (χ0) is 19.6. The zero-order valence-electron chi connectivity index (χ0n) is 14.6. The van der Waals surface area contributed by atoms with E-state index in [1.165, 1.54) is 35.0 Å². The first-order valence-electron chi connectivity index (χ1n) is 7.95. The minimum atomic E-state index is -4.47. The van der Waals surface area contributed by atoms with Crippen LogP contribution in [0.2, 0.25) is 0 Å². The lowest BCUT2D eigenvalue weighted by molar-refractivity contribution is -0.137. The number of rotatable bonds is 4. The van der Waals surface area contributed by atoms with Crippen LogP contribution < -0.4 is 9.64 Å². The highest BCUT2D eigenvalue weighted by Crippen LogP contribution is 2.31. The summed E-state index contributed by atoms with van der Waals surface area (Å²) in [6.45, 7) is 0. The molecule has 0 unspecified atom stereocenters. The summed E-state index contributed by atoms with van der Waals surface area (Å²) in [4.78, 5) is 14.2. The summed E-state index contributed by atoms with van der Waals surface area (Å²) in [6, 6.07) is 13.6. The van der Waals surface area contributed by atoms with Crippen LogP contribution in [0.5, 0.6) is 5.75 Å². The molecule has 0 fully saturated rings. The minimum absolute atomic E-state index is 0.00117. The van der Waals surface area contributed by atoms with Gasteiger partial charge in [0.15, 0.2) is 11.4 Å². The second kappa shape index (κ2) is 7.14. The van der Waals surface area contributed by atoms with Crippen molar-refractivity contribution in [2.24, 2.45) is 0 Å². The molecule has 27 heavy (non-hydrogen) atoms. The number of alkyl halides is 3. The second-order valence-electron chi connectivity index (χ2n) is 5.74. The van der Waals surface area contributed by atoms with Crippen molar-refractivity contribution in [1.82, 2.24) is 9.78 Å². The van der Waals surface area contributed by atoms with E-state index in [0.717, 1.165) is 12.1 Å². The molecule has 1 heterocycles. The molecule has 1 amide bonds. The number of hydrogen-bond donors (Lipinski definition) is 0. The largest absolute Gasteiger partial charge is 0.493 e. The van der Waals surface area contributed by atoms with E-state index in [1.807, 2.05) is 6.07 Å². The van der Waals surface area contributed by atoms with Crippen LogP contribution in [0.25, 0.3) is 5.69 Å². The third-order valence-corrected chi connectivity index (χ3v) is 3.99. The SMILES string of the molecule is COc1cn(-c2cccc(C(F)(F)F)c2)nc1C(=O)N(C)c1ccccc1. The van der Waals surface area contributed by atoms with E-state index < -0.39 is 17.6 Å². The predicted octanol–water partition coefficient (Wildman–Crippen LogP) is 4.18. The van der Waals surface area contributed by atoms with E-state index in [4.69, 9.17) is 4.74 Å². The van der Waals surface area contributed by atoms with Gasteiger partial charge < -0.3 is 9.64 Å². The van der Waals surface area contributed by atoms with Gasteiger partial charge in [0.25, 0.3) is 5.91 Å². The first kappa shape index (κ1) is 18.5. The smallest absolute Gasteiger partial charge is 0.416 e. The summed E-state index contributed by atoms with van der Waals surface area (Å²) < 4.78 is 45.2. The van der Waals surface area contributed by atoms with Crippen LogP contribution in [0.4, 0.5) is 18.9 Å². The molecule has 0 aliphatic heterocycles. The number of para-hydroxylation sites is 1. The number of amides is 1. The molecule has 0 atom stereocenters. The van der Waals surface area contributed by atoms with Gasteiger partial charge in [-0.3, -0.25) is 4.79 Å². The highest BCUT2D eigenvalue weighted by Gasteiger charge is 2.31. The Morgan fingerprint density at radius 2 is 1.81 bits per heavy atom. The molecule has 2 aromatic carbocycles. The predicted molar refractivity (Wildman–Crippen MR) is 94.3 cm³/mol. The van der Waals surface area contributed by atoms with Gasteiger partial charge in [-0.05, 0) is 30.3 Å². The molecule has 3 rings (SSSR count). The maximum atomic E-state index is 12.9. The third-order valence-electron chi connectivity index (χ3n) is 3.99. The van der Waals surface area contributed by atoms with Crippen molar-refractivity contribution in [3.8, 4) is 11.4 Å². The summed E-state index contributed by atoms with van der Waals surface area (Å²) in [5, 5.41) is 4.15. The highest BCUT2D eigenvalue weighted by molar-refractivity contribution is 6.06. The van der Waals surface area contributed by atoms with Crippen LogP contribution in [-0.2, 0) is 6.18 Å². The van der Waals surface area contributed by atoms with E-state index in [9.17, 15) is 18.0 Å². The van der Waals surface area contributed by atoms with Gasteiger partial charge in [-0.2, -0.15) is 18.3 Å². The Morgan fingerprint density at radius 1 is 1.11 bits per heavy atom. The summed E-state index contributed by atoms with van der Waals surface area (Å²) in [5.41, 5.74) is 0.0210. The number of hydrogen-bond acceptors (Lipinski definition) is 3. The number of nitrogens with zero attached hydrogens (tertiary/aromatic N) is 3. The molecule has 0 saturated carbocycles. The average Bonchev–Trinajstić information content (AvgIpc) is 3.11. The van der Waals surface area contributed by atoms with Gasteiger partial charge >= 0.3 is 6.18 Å². The number of aromatic nitrogens is 2. The lowest BCUT2D eigenvalue weighted by Gasteiger charge is -2.16. The maximum absolute atomic E-state index is 12.9. The van der Waals surface area contributed by atoms with Gasteiger partial charge in [0.2, 0.25) is 0 Å². The molecule has 0 spiro atoms. The molecule has 0 N–H and O–H groups in total. The summed E-state index contributed by atoms with van der Waals surface area (Å²) in [6.07, 6.45) is -3.10. The molecule has 0 saturated heterocycles.